The fourth-order valence-corrected chi connectivity index (χ4v) is 2.48. The van der Waals surface area contributed by atoms with Gasteiger partial charge in [-0.25, -0.2) is 0 Å². The van der Waals surface area contributed by atoms with E-state index in [4.69, 9.17) is 10.5 Å². The summed E-state index contributed by atoms with van der Waals surface area (Å²) in [6.45, 7) is 4.51. The van der Waals surface area contributed by atoms with Gasteiger partial charge in [0.2, 0.25) is 0 Å². The van der Waals surface area contributed by atoms with Crippen LogP contribution >= 0.6 is 0 Å². The van der Waals surface area contributed by atoms with Crippen LogP contribution in [0.25, 0.3) is 0 Å². The Balaban J connectivity index is 1.71. The number of phenols is 1. The maximum Gasteiger partial charge on any atom is 0.115 e. The Bertz CT molecular complexity index is 376. The molecule has 0 saturated carbocycles. The van der Waals surface area contributed by atoms with E-state index in [2.05, 4.69) is 11.0 Å². The molecule has 1 fully saturated rings. The van der Waals surface area contributed by atoms with E-state index in [1.54, 1.807) is 6.07 Å². The van der Waals surface area contributed by atoms with Crippen molar-refractivity contribution in [2.45, 2.75) is 31.9 Å². The van der Waals surface area contributed by atoms with E-state index >= 15 is 0 Å². The minimum atomic E-state index is 0.345. The fourth-order valence-electron chi connectivity index (χ4n) is 2.48. The number of nitrogens with two attached hydrogens (primary N) is 1. The summed E-state index contributed by atoms with van der Waals surface area (Å²) >= 11 is 0. The number of hydrogen-bond donors (Lipinski definition) is 2. The second-order valence-corrected chi connectivity index (χ2v) is 5.16. The topological polar surface area (TPSA) is 58.7 Å². The SMILES string of the molecule is NCCCOC1CCN(Cc2cccc(O)c2)CC1. The summed E-state index contributed by atoms with van der Waals surface area (Å²) in [7, 11) is 0. The van der Waals surface area contributed by atoms with E-state index in [9.17, 15) is 5.11 Å². The highest BCUT2D eigenvalue weighted by Gasteiger charge is 2.19. The third kappa shape index (κ3) is 4.82. The molecule has 1 aromatic carbocycles. The van der Waals surface area contributed by atoms with Crippen LogP contribution in [-0.2, 0) is 11.3 Å². The van der Waals surface area contributed by atoms with E-state index in [1.165, 1.54) is 5.56 Å². The van der Waals surface area contributed by atoms with Crippen molar-refractivity contribution < 1.29 is 9.84 Å². The highest BCUT2D eigenvalue weighted by molar-refractivity contribution is 5.27. The predicted molar refractivity (Wildman–Crippen MR) is 76.0 cm³/mol. The van der Waals surface area contributed by atoms with Crippen LogP contribution in [0.2, 0.25) is 0 Å². The van der Waals surface area contributed by atoms with E-state index in [0.717, 1.165) is 45.5 Å². The second kappa shape index (κ2) is 7.48. The van der Waals surface area contributed by atoms with Crippen molar-refractivity contribution in [2.75, 3.05) is 26.2 Å². The van der Waals surface area contributed by atoms with Gasteiger partial charge in [0.05, 0.1) is 6.10 Å². The summed E-state index contributed by atoms with van der Waals surface area (Å²) in [5.74, 6) is 0.345. The molecule has 2 rings (SSSR count). The number of piperidine rings is 1. The van der Waals surface area contributed by atoms with Crippen LogP contribution in [0.1, 0.15) is 24.8 Å². The van der Waals surface area contributed by atoms with Gasteiger partial charge in [0.15, 0.2) is 0 Å². The fraction of sp³-hybridized carbons (Fsp3) is 0.600. The number of likely N-dealkylation sites (tertiary alicyclic amines) is 1. The molecule has 1 aliphatic heterocycles. The minimum Gasteiger partial charge on any atom is -0.508 e. The molecule has 0 bridgehead atoms. The Morgan fingerprint density at radius 1 is 1.32 bits per heavy atom. The predicted octanol–water partition coefficient (Wildman–Crippen LogP) is 1.72. The van der Waals surface area contributed by atoms with Gasteiger partial charge >= 0.3 is 0 Å². The standard InChI is InChI=1S/C15H24N2O2/c16-7-2-10-19-15-5-8-17(9-6-15)12-13-3-1-4-14(18)11-13/h1,3-4,11,15,18H,2,5-10,12,16H2. The average molecular weight is 264 g/mol. The lowest BCUT2D eigenvalue weighted by Crippen LogP contribution is -2.36. The molecular weight excluding hydrogens is 240 g/mol. The largest absolute Gasteiger partial charge is 0.508 e. The first-order valence-corrected chi connectivity index (χ1v) is 7.10. The number of aromatic hydroxyl groups is 1. The van der Waals surface area contributed by atoms with Gasteiger partial charge < -0.3 is 15.6 Å². The van der Waals surface area contributed by atoms with Crippen molar-refractivity contribution in [3.63, 3.8) is 0 Å². The molecule has 0 amide bonds. The molecule has 1 aliphatic rings. The molecule has 0 aliphatic carbocycles. The van der Waals surface area contributed by atoms with Crippen molar-refractivity contribution >= 4 is 0 Å². The molecule has 1 heterocycles. The van der Waals surface area contributed by atoms with Gasteiger partial charge in [0, 0.05) is 26.2 Å². The number of phenolic OH excluding ortho intramolecular Hbond substituents is 1. The van der Waals surface area contributed by atoms with Crippen molar-refractivity contribution in [3.8, 4) is 5.75 Å². The van der Waals surface area contributed by atoms with Crippen LogP contribution in [0.3, 0.4) is 0 Å². The van der Waals surface area contributed by atoms with Crippen molar-refractivity contribution in [3.05, 3.63) is 29.8 Å². The Labute approximate surface area is 115 Å². The molecule has 0 aromatic heterocycles. The molecule has 3 N–H and O–H groups in total. The zero-order valence-corrected chi connectivity index (χ0v) is 11.4. The highest BCUT2D eigenvalue weighted by atomic mass is 16.5. The van der Waals surface area contributed by atoms with Gasteiger partial charge in [-0.1, -0.05) is 12.1 Å². The number of rotatable bonds is 6. The van der Waals surface area contributed by atoms with Crippen molar-refractivity contribution in [1.82, 2.24) is 4.90 Å². The Kier molecular flexibility index (Phi) is 5.63. The van der Waals surface area contributed by atoms with Crippen LogP contribution in [-0.4, -0.2) is 42.4 Å². The normalized spacial score (nSPS) is 17.7. The highest BCUT2D eigenvalue weighted by Crippen LogP contribution is 2.18. The molecule has 0 atom stereocenters. The lowest BCUT2D eigenvalue weighted by molar-refractivity contribution is 0.00562. The number of benzene rings is 1. The van der Waals surface area contributed by atoms with Gasteiger partial charge in [-0.05, 0) is 43.5 Å². The molecule has 1 saturated heterocycles. The third-order valence-corrected chi connectivity index (χ3v) is 3.55. The number of hydrogen-bond acceptors (Lipinski definition) is 4. The first-order chi connectivity index (χ1) is 9.28. The van der Waals surface area contributed by atoms with Gasteiger partial charge in [0.1, 0.15) is 5.75 Å². The third-order valence-electron chi connectivity index (χ3n) is 3.55. The van der Waals surface area contributed by atoms with E-state index in [0.29, 0.717) is 18.4 Å². The van der Waals surface area contributed by atoms with Gasteiger partial charge in [-0.2, -0.15) is 0 Å². The zero-order chi connectivity index (χ0) is 13.5. The molecule has 19 heavy (non-hydrogen) atoms. The first-order valence-electron chi connectivity index (χ1n) is 7.10. The molecule has 0 unspecified atom stereocenters. The van der Waals surface area contributed by atoms with Gasteiger partial charge in [0.25, 0.3) is 0 Å². The van der Waals surface area contributed by atoms with Crippen LogP contribution < -0.4 is 5.73 Å². The number of ether oxygens (including phenoxy) is 1. The van der Waals surface area contributed by atoms with Gasteiger partial charge in [-0.15, -0.1) is 0 Å². The Morgan fingerprint density at radius 2 is 2.11 bits per heavy atom. The van der Waals surface area contributed by atoms with E-state index < -0.39 is 0 Å². The van der Waals surface area contributed by atoms with Crippen LogP contribution in [0.5, 0.6) is 5.75 Å². The van der Waals surface area contributed by atoms with Crippen molar-refractivity contribution in [1.29, 1.82) is 0 Å². The maximum absolute atomic E-state index is 9.46. The first kappa shape index (κ1) is 14.3. The quantitative estimate of drug-likeness (QED) is 0.768. The van der Waals surface area contributed by atoms with Crippen LogP contribution in [0.15, 0.2) is 24.3 Å². The molecule has 0 spiro atoms. The number of nitrogens with zero attached hydrogens (tertiary/aromatic N) is 1. The molecule has 106 valence electrons. The molecule has 4 nitrogen and oxygen atoms in total. The van der Waals surface area contributed by atoms with Crippen molar-refractivity contribution in [2.24, 2.45) is 5.73 Å². The second-order valence-electron chi connectivity index (χ2n) is 5.16. The monoisotopic (exact) mass is 264 g/mol. The van der Waals surface area contributed by atoms with E-state index in [1.807, 2.05) is 12.1 Å². The summed E-state index contributed by atoms with van der Waals surface area (Å²) in [4.78, 5) is 2.41. The Hall–Kier alpha value is -1.10. The molecule has 1 aromatic rings. The average Bonchev–Trinajstić information content (AvgIpc) is 2.41. The summed E-state index contributed by atoms with van der Waals surface area (Å²) in [5, 5.41) is 9.46. The zero-order valence-electron chi connectivity index (χ0n) is 11.4. The summed E-state index contributed by atoms with van der Waals surface area (Å²) in [5.41, 5.74) is 6.62. The molecular formula is C15H24N2O2. The lowest BCUT2D eigenvalue weighted by atomic mass is 10.1. The smallest absolute Gasteiger partial charge is 0.115 e. The Morgan fingerprint density at radius 3 is 2.79 bits per heavy atom. The van der Waals surface area contributed by atoms with Crippen LogP contribution in [0, 0.1) is 0 Å². The molecule has 4 heteroatoms. The summed E-state index contributed by atoms with van der Waals surface area (Å²) in [6.07, 6.45) is 3.52. The summed E-state index contributed by atoms with van der Waals surface area (Å²) < 4.78 is 5.79. The van der Waals surface area contributed by atoms with Crippen LogP contribution in [0.4, 0.5) is 0 Å². The summed E-state index contributed by atoms with van der Waals surface area (Å²) in [6, 6.07) is 7.50. The minimum absolute atomic E-state index is 0.345. The van der Waals surface area contributed by atoms with Gasteiger partial charge in [-0.3, -0.25) is 4.90 Å². The molecule has 0 radical (unpaired) electrons. The van der Waals surface area contributed by atoms with E-state index in [-0.39, 0.29) is 0 Å². The lowest BCUT2D eigenvalue weighted by Gasteiger charge is -2.31. The maximum atomic E-state index is 9.46.